The SMILES string of the molecule is COc1cc(Br)cc(-c2nc(C(=O)O)cs2)c1OC. The Morgan fingerprint density at radius 1 is 1.37 bits per heavy atom. The van der Waals surface area contributed by atoms with Crippen molar-refractivity contribution in [2.24, 2.45) is 0 Å². The number of carboxylic acid groups (broad SMARTS) is 1. The summed E-state index contributed by atoms with van der Waals surface area (Å²) in [7, 11) is 3.07. The standard InChI is InChI=1S/C12H10BrNO4S/c1-17-9-4-6(13)3-7(10(9)18-2)11-14-8(5-19-11)12(15)16/h3-5H,1-2H3,(H,15,16). The average molecular weight is 344 g/mol. The van der Waals surface area contributed by atoms with Gasteiger partial charge in [0.2, 0.25) is 0 Å². The number of carbonyl (C=O) groups is 1. The second-order valence-electron chi connectivity index (χ2n) is 3.53. The Hall–Kier alpha value is -1.60. The molecule has 0 radical (unpaired) electrons. The van der Waals surface area contributed by atoms with E-state index in [1.807, 2.05) is 6.07 Å². The van der Waals surface area contributed by atoms with Gasteiger partial charge in [0.15, 0.2) is 17.2 Å². The molecule has 5 nitrogen and oxygen atoms in total. The van der Waals surface area contributed by atoms with Gasteiger partial charge in [-0.15, -0.1) is 11.3 Å². The van der Waals surface area contributed by atoms with Crippen LogP contribution in [0, 0.1) is 0 Å². The normalized spacial score (nSPS) is 10.3. The number of nitrogens with zero attached hydrogens (tertiary/aromatic N) is 1. The summed E-state index contributed by atoms with van der Waals surface area (Å²) >= 11 is 4.62. The van der Waals surface area contributed by atoms with E-state index in [-0.39, 0.29) is 5.69 Å². The van der Waals surface area contributed by atoms with Crippen LogP contribution >= 0.6 is 27.3 Å². The quantitative estimate of drug-likeness (QED) is 0.922. The van der Waals surface area contributed by atoms with Crippen LogP contribution in [0.5, 0.6) is 11.5 Å². The summed E-state index contributed by atoms with van der Waals surface area (Å²) in [6.07, 6.45) is 0. The summed E-state index contributed by atoms with van der Waals surface area (Å²) in [4.78, 5) is 14.9. The number of thiazole rings is 1. The van der Waals surface area contributed by atoms with E-state index < -0.39 is 5.97 Å². The lowest BCUT2D eigenvalue weighted by molar-refractivity contribution is 0.0691. The van der Waals surface area contributed by atoms with Crippen LogP contribution in [0.1, 0.15) is 10.5 Å². The molecule has 19 heavy (non-hydrogen) atoms. The van der Waals surface area contributed by atoms with Gasteiger partial charge in [0.1, 0.15) is 5.01 Å². The first-order valence-corrected chi connectivity index (χ1v) is 6.84. The van der Waals surface area contributed by atoms with E-state index in [2.05, 4.69) is 20.9 Å². The van der Waals surface area contributed by atoms with Gasteiger partial charge in [0, 0.05) is 9.85 Å². The molecule has 1 N–H and O–H groups in total. The van der Waals surface area contributed by atoms with Crippen LogP contribution in [0.25, 0.3) is 10.6 Å². The van der Waals surface area contributed by atoms with Gasteiger partial charge in [-0.25, -0.2) is 9.78 Å². The minimum atomic E-state index is -1.05. The molecule has 1 aromatic heterocycles. The molecule has 0 bridgehead atoms. The van der Waals surface area contributed by atoms with Crippen LogP contribution in [0.15, 0.2) is 22.0 Å². The number of aromatic carboxylic acids is 1. The third-order valence-corrected chi connectivity index (χ3v) is 3.73. The molecule has 0 unspecified atom stereocenters. The Balaban J connectivity index is 2.59. The molecule has 0 saturated heterocycles. The third kappa shape index (κ3) is 2.71. The molecule has 0 aliphatic heterocycles. The van der Waals surface area contributed by atoms with Crippen molar-refractivity contribution in [2.45, 2.75) is 0 Å². The molecule has 0 saturated carbocycles. The maximum absolute atomic E-state index is 10.9. The van der Waals surface area contributed by atoms with Crippen LogP contribution in [0.3, 0.4) is 0 Å². The topological polar surface area (TPSA) is 68.7 Å². The number of hydrogen-bond acceptors (Lipinski definition) is 5. The monoisotopic (exact) mass is 343 g/mol. The van der Waals surface area contributed by atoms with Crippen LogP contribution in [-0.2, 0) is 0 Å². The largest absolute Gasteiger partial charge is 0.493 e. The molecule has 100 valence electrons. The van der Waals surface area contributed by atoms with Crippen molar-refractivity contribution in [3.05, 3.63) is 27.7 Å². The number of ether oxygens (including phenoxy) is 2. The maximum Gasteiger partial charge on any atom is 0.355 e. The molecule has 0 aliphatic carbocycles. The van der Waals surface area contributed by atoms with Crippen molar-refractivity contribution in [1.82, 2.24) is 4.98 Å². The molecule has 0 aliphatic rings. The molecule has 1 heterocycles. The highest BCUT2D eigenvalue weighted by molar-refractivity contribution is 9.10. The first kappa shape index (κ1) is 13.8. The summed E-state index contributed by atoms with van der Waals surface area (Å²) in [5.74, 6) is 0.0272. The number of methoxy groups -OCH3 is 2. The van der Waals surface area contributed by atoms with E-state index in [1.54, 1.807) is 13.2 Å². The predicted molar refractivity (Wildman–Crippen MR) is 75.3 cm³/mol. The van der Waals surface area contributed by atoms with Crippen molar-refractivity contribution < 1.29 is 19.4 Å². The molecule has 0 atom stereocenters. The molecule has 0 amide bonds. The van der Waals surface area contributed by atoms with E-state index in [0.29, 0.717) is 22.1 Å². The number of benzene rings is 1. The molecular weight excluding hydrogens is 334 g/mol. The van der Waals surface area contributed by atoms with E-state index in [0.717, 1.165) is 4.47 Å². The summed E-state index contributed by atoms with van der Waals surface area (Å²) < 4.78 is 11.4. The van der Waals surface area contributed by atoms with E-state index >= 15 is 0 Å². The number of hydrogen-bond donors (Lipinski definition) is 1. The average Bonchev–Trinajstić information content (AvgIpc) is 2.87. The highest BCUT2D eigenvalue weighted by atomic mass is 79.9. The Kier molecular flexibility index (Phi) is 4.06. The maximum atomic E-state index is 10.9. The number of halogens is 1. The van der Waals surface area contributed by atoms with Crippen molar-refractivity contribution in [3.63, 3.8) is 0 Å². The Morgan fingerprint density at radius 3 is 2.63 bits per heavy atom. The van der Waals surface area contributed by atoms with E-state index in [4.69, 9.17) is 14.6 Å². The van der Waals surface area contributed by atoms with E-state index in [9.17, 15) is 4.79 Å². The van der Waals surface area contributed by atoms with Gasteiger partial charge < -0.3 is 14.6 Å². The molecule has 0 fully saturated rings. The lowest BCUT2D eigenvalue weighted by atomic mass is 10.2. The molecule has 7 heteroatoms. The first-order valence-electron chi connectivity index (χ1n) is 5.17. The van der Waals surface area contributed by atoms with Crippen molar-refractivity contribution in [2.75, 3.05) is 14.2 Å². The van der Waals surface area contributed by atoms with Crippen LogP contribution in [0.4, 0.5) is 0 Å². The molecular formula is C12H10BrNO4S. The predicted octanol–water partition coefficient (Wildman–Crippen LogP) is 3.29. The van der Waals surface area contributed by atoms with Gasteiger partial charge in [-0.2, -0.15) is 0 Å². The summed E-state index contributed by atoms with van der Waals surface area (Å²) in [6, 6.07) is 3.58. The summed E-state index contributed by atoms with van der Waals surface area (Å²) in [5, 5.41) is 11.0. The molecule has 2 aromatic rings. The highest BCUT2D eigenvalue weighted by Crippen LogP contribution is 2.41. The lowest BCUT2D eigenvalue weighted by Gasteiger charge is -2.11. The minimum Gasteiger partial charge on any atom is -0.493 e. The Labute approximate surface area is 121 Å². The third-order valence-electron chi connectivity index (χ3n) is 2.40. The minimum absolute atomic E-state index is 0.0148. The van der Waals surface area contributed by atoms with Crippen molar-refractivity contribution >= 4 is 33.2 Å². The highest BCUT2D eigenvalue weighted by Gasteiger charge is 2.17. The Bertz CT molecular complexity index is 626. The van der Waals surface area contributed by atoms with Crippen LogP contribution in [-0.4, -0.2) is 30.3 Å². The zero-order valence-electron chi connectivity index (χ0n) is 10.1. The fraction of sp³-hybridized carbons (Fsp3) is 0.167. The molecule has 0 spiro atoms. The summed E-state index contributed by atoms with van der Waals surface area (Å²) in [5.41, 5.74) is 0.701. The zero-order chi connectivity index (χ0) is 14.0. The van der Waals surface area contributed by atoms with Gasteiger partial charge >= 0.3 is 5.97 Å². The fourth-order valence-corrected chi connectivity index (χ4v) is 2.83. The zero-order valence-corrected chi connectivity index (χ0v) is 12.5. The van der Waals surface area contributed by atoms with Gasteiger partial charge in [-0.3, -0.25) is 0 Å². The van der Waals surface area contributed by atoms with Gasteiger partial charge in [-0.1, -0.05) is 15.9 Å². The smallest absolute Gasteiger partial charge is 0.355 e. The lowest BCUT2D eigenvalue weighted by Crippen LogP contribution is -1.97. The van der Waals surface area contributed by atoms with Gasteiger partial charge in [0.05, 0.1) is 19.8 Å². The molecule has 2 rings (SSSR count). The van der Waals surface area contributed by atoms with Crippen LogP contribution < -0.4 is 9.47 Å². The molecule has 1 aromatic carbocycles. The number of carboxylic acids is 1. The van der Waals surface area contributed by atoms with E-state index in [1.165, 1.54) is 23.8 Å². The number of aromatic nitrogens is 1. The second-order valence-corrected chi connectivity index (χ2v) is 5.31. The Morgan fingerprint density at radius 2 is 2.11 bits per heavy atom. The van der Waals surface area contributed by atoms with Crippen molar-refractivity contribution in [1.29, 1.82) is 0 Å². The van der Waals surface area contributed by atoms with Gasteiger partial charge in [0.25, 0.3) is 0 Å². The second kappa shape index (κ2) is 5.58. The van der Waals surface area contributed by atoms with Crippen LogP contribution in [0.2, 0.25) is 0 Å². The summed E-state index contributed by atoms with van der Waals surface area (Å²) in [6.45, 7) is 0. The van der Waals surface area contributed by atoms with Gasteiger partial charge in [-0.05, 0) is 12.1 Å². The first-order chi connectivity index (χ1) is 9.06. The fourth-order valence-electron chi connectivity index (χ4n) is 1.59. The number of rotatable bonds is 4. The van der Waals surface area contributed by atoms with Crippen molar-refractivity contribution in [3.8, 4) is 22.1 Å².